The molecule has 1 heterocycles. The quantitative estimate of drug-likeness (QED) is 0.0469. The van der Waals surface area contributed by atoms with E-state index in [1.165, 1.54) is 89.9 Å². The second-order valence-electron chi connectivity index (χ2n) is 11.6. The van der Waals surface area contributed by atoms with Gasteiger partial charge >= 0.3 is 11.9 Å². The summed E-state index contributed by atoms with van der Waals surface area (Å²) >= 11 is 0. The summed E-state index contributed by atoms with van der Waals surface area (Å²) < 4.78 is 4.88. The topological polar surface area (TPSA) is 147 Å². The zero-order chi connectivity index (χ0) is 33.3. The number of aliphatic carboxylic acids is 2. The predicted molar refractivity (Wildman–Crippen MR) is 180 cm³/mol. The molecule has 44 heavy (non-hydrogen) atoms. The molecule has 2 atom stereocenters. The van der Waals surface area contributed by atoms with Crippen molar-refractivity contribution in [2.24, 2.45) is 5.73 Å². The summed E-state index contributed by atoms with van der Waals surface area (Å²) in [4.78, 5) is 42.4. The second kappa shape index (κ2) is 33.4. The van der Waals surface area contributed by atoms with Crippen molar-refractivity contribution < 1.29 is 34.1 Å². The number of carbonyl (C=O) groups excluding carboxylic acids is 2. The Bertz CT molecular complexity index is 778. The van der Waals surface area contributed by atoms with Crippen LogP contribution < -0.4 is 5.73 Å². The molecule has 0 unspecified atom stereocenters. The number of ketones is 1. The Morgan fingerprint density at radius 3 is 1.34 bits per heavy atom. The molecule has 256 valence electrons. The van der Waals surface area contributed by atoms with Gasteiger partial charge in [-0.3, -0.25) is 19.2 Å². The fourth-order valence-electron chi connectivity index (χ4n) is 4.54. The van der Waals surface area contributed by atoms with E-state index in [1.807, 2.05) is 31.2 Å². The minimum atomic E-state index is -0.681. The molecule has 0 radical (unpaired) electrons. The molecule has 1 saturated heterocycles. The Hall–Kier alpha value is -2.48. The highest BCUT2D eigenvalue weighted by Crippen LogP contribution is 2.24. The number of nitrogens with two attached hydrogens (primary N) is 1. The van der Waals surface area contributed by atoms with Crippen LogP contribution in [0.4, 0.5) is 0 Å². The van der Waals surface area contributed by atoms with Crippen molar-refractivity contribution in [3.8, 4) is 0 Å². The third-order valence-electron chi connectivity index (χ3n) is 7.31. The third-order valence-corrected chi connectivity index (χ3v) is 7.31. The molecule has 1 aliphatic rings. The van der Waals surface area contributed by atoms with Gasteiger partial charge < -0.3 is 20.7 Å². The number of allylic oxidation sites excluding steroid dienone is 4. The maximum Gasteiger partial charge on any atom is 0.303 e. The zero-order valence-electron chi connectivity index (χ0n) is 28.2. The van der Waals surface area contributed by atoms with Gasteiger partial charge in [0.25, 0.3) is 0 Å². The highest BCUT2D eigenvalue weighted by atomic mass is 16.6. The number of hydrogen-bond acceptors (Lipinski definition) is 5. The van der Waals surface area contributed by atoms with Crippen LogP contribution in [0.25, 0.3) is 0 Å². The molecule has 8 nitrogen and oxygen atoms in total. The van der Waals surface area contributed by atoms with Gasteiger partial charge in [-0.1, -0.05) is 141 Å². The number of carboxylic acid groups (broad SMARTS) is 2. The molecule has 1 aliphatic heterocycles. The van der Waals surface area contributed by atoms with E-state index < -0.39 is 30.1 Å². The lowest BCUT2D eigenvalue weighted by molar-refractivity contribution is -0.138. The molecule has 0 aliphatic carbocycles. The minimum absolute atomic E-state index is 0.0421. The highest BCUT2D eigenvalue weighted by Gasteiger charge is 2.48. The number of carboxylic acids is 2. The SMILES string of the molecule is C/C=C/C/C=C/CCC(=O)[C@H]1O[C@H]1C(N)=O.CCCCCCCC(=O)O.CCCCCCCCCCCCCCCC(=O)O. The molecule has 0 bridgehead atoms. The number of epoxide rings is 1. The van der Waals surface area contributed by atoms with Gasteiger partial charge in [0.2, 0.25) is 5.91 Å². The second-order valence-corrected chi connectivity index (χ2v) is 11.6. The van der Waals surface area contributed by atoms with Crippen molar-refractivity contribution in [2.75, 3.05) is 0 Å². The van der Waals surface area contributed by atoms with Crippen LogP contribution >= 0.6 is 0 Å². The Balaban J connectivity index is 0. The summed E-state index contributed by atoms with van der Waals surface area (Å²) in [5.41, 5.74) is 5.00. The summed E-state index contributed by atoms with van der Waals surface area (Å²) in [6, 6.07) is 0. The van der Waals surface area contributed by atoms with E-state index in [0.717, 1.165) is 32.1 Å². The maximum atomic E-state index is 11.4. The van der Waals surface area contributed by atoms with E-state index >= 15 is 0 Å². The molecule has 1 rings (SSSR count). The minimum Gasteiger partial charge on any atom is -0.481 e. The number of primary amides is 1. The number of unbranched alkanes of at least 4 members (excludes halogenated alkanes) is 16. The lowest BCUT2D eigenvalue weighted by Crippen LogP contribution is -2.22. The van der Waals surface area contributed by atoms with Crippen LogP contribution in [0.1, 0.15) is 168 Å². The first-order valence-corrected chi connectivity index (χ1v) is 17.4. The Labute approximate surface area is 268 Å². The number of carbonyl (C=O) groups is 4. The van der Waals surface area contributed by atoms with Gasteiger partial charge in [-0.05, 0) is 32.6 Å². The van der Waals surface area contributed by atoms with Crippen LogP contribution in [0, 0.1) is 0 Å². The first kappa shape index (κ1) is 43.6. The van der Waals surface area contributed by atoms with Crippen molar-refractivity contribution in [2.45, 2.75) is 181 Å². The van der Waals surface area contributed by atoms with E-state index in [1.54, 1.807) is 0 Å². The van der Waals surface area contributed by atoms with Crippen molar-refractivity contribution in [1.29, 1.82) is 0 Å². The van der Waals surface area contributed by atoms with Crippen LogP contribution in [-0.4, -0.2) is 46.1 Å². The van der Waals surface area contributed by atoms with E-state index in [-0.39, 0.29) is 5.78 Å². The van der Waals surface area contributed by atoms with Gasteiger partial charge in [0.15, 0.2) is 18.0 Å². The average Bonchev–Trinajstić information content (AvgIpc) is 3.79. The molecule has 0 aromatic carbocycles. The number of rotatable bonds is 27. The number of ether oxygens (including phenoxy) is 1. The lowest BCUT2D eigenvalue weighted by atomic mass is 10.0. The largest absolute Gasteiger partial charge is 0.481 e. The summed E-state index contributed by atoms with van der Waals surface area (Å²) in [7, 11) is 0. The molecule has 1 amide bonds. The third kappa shape index (κ3) is 34.0. The van der Waals surface area contributed by atoms with Crippen LogP contribution in [0.3, 0.4) is 0 Å². The molecule has 0 spiro atoms. The predicted octanol–water partition coefficient (Wildman–Crippen LogP) is 9.09. The standard InChI is InChI=1S/C16H32O2.C12H17NO3.C8H16O2/c1-2-3-4-5-6-7-8-9-10-11-12-13-14-15-16(17)18;1-2-3-4-5-6-7-8-9(14)10-11(16-10)12(13)15;1-2-3-4-5-6-7-8(9)10/h2-15H2,1H3,(H,17,18);2-3,5-6,10-11H,4,7-8H2,1H3,(H2,13,15);2-7H2,1H3,(H,9,10)/b;3-2+,6-5+;/t;10-,11-;/m.1./s1. The van der Waals surface area contributed by atoms with Crippen molar-refractivity contribution >= 4 is 23.6 Å². The Kier molecular flexibility index (Phi) is 33.1. The van der Waals surface area contributed by atoms with Crippen molar-refractivity contribution in [1.82, 2.24) is 0 Å². The molecule has 0 aromatic rings. The average molecular weight is 624 g/mol. The zero-order valence-corrected chi connectivity index (χ0v) is 28.2. The summed E-state index contributed by atoms with van der Waals surface area (Å²) in [5, 5.41) is 16.8. The maximum absolute atomic E-state index is 11.4. The normalized spacial score (nSPS) is 15.3. The first-order valence-electron chi connectivity index (χ1n) is 17.4. The van der Waals surface area contributed by atoms with E-state index in [9.17, 15) is 19.2 Å². The summed E-state index contributed by atoms with van der Waals surface area (Å²) in [6.07, 6.45) is 31.8. The number of hydrogen-bond donors (Lipinski definition) is 3. The van der Waals surface area contributed by atoms with Gasteiger partial charge in [-0.2, -0.15) is 0 Å². The fourth-order valence-corrected chi connectivity index (χ4v) is 4.54. The first-order chi connectivity index (χ1) is 21.2. The molecule has 0 saturated carbocycles. The molecule has 0 aromatic heterocycles. The van der Waals surface area contributed by atoms with Gasteiger partial charge in [0.1, 0.15) is 0 Å². The summed E-state index contributed by atoms with van der Waals surface area (Å²) in [6.45, 7) is 6.37. The number of amides is 1. The molecular formula is C36H65NO7. The van der Waals surface area contributed by atoms with Crippen molar-refractivity contribution in [3.63, 3.8) is 0 Å². The van der Waals surface area contributed by atoms with E-state index in [4.69, 9.17) is 20.7 Å². The lowest BCUT2D eigenvalue weighted by Gasteiger charge is -2.02. The number of Topliss-reactive ketones (excluding diaryl/α,β-unsaturated/α-hetero) is 1. The van der Waals surface area contributed by atoms with Crippen LogP contribution in [0.2, 0.25) is 0 Å². The fraction of sp³-hybridized carbons (Fsp3) is 0.778. The van der Waals surface area contributed by atoms with E-state index in [0.29, 0.717) is 25.7 Å². The molecule has 8 heteroatoms. The molecular weight excluding hydrogens is 558 g/mol. The monoisotopic (exact) mass is 623 g/mol. The molecule has 1 fully saturated rings. The van der Waals surface area contributed by atoms with Gasteiger partial charge in [-0.15, -0.1) is 0 Å². The Morgan fingerprint density at radius 1 is 0.591 bits per heavy atom. The smallest absolute Gasteiger partial charge is 0.303 e. The van der Waals surface area contributed by atoms with Gasteiger partial charge in [0.05, 0.1) is 0 Å². The van der Waals surface area contributed by atoms with Crippen molar-refractivity contribution in [3.05, 3.63) is 24.3 Å². The summed E-state index contributed by atoms with van der Waals surface area (Å²) in [5.74, 6) is -1.92. The highest BCUT2D eigenvalue weighted by molar-refractivity contribution is 5.95. The Morgan fingerprint density at radius 2 is 1.00 bits per heavy atom. The van der Waals surface area contributed by atoms with Crippen LogP contribution in [0.15, 0.2) is 24.3 Å². The van der Waals surface area contributed by atoms with Crippen LogP contribution in [0.5, 0.6) is 0 Å². The van der Waals surface area contributed by atoms with Crippen LogP contribution in [-0.2, 0) is 23.9 Å². The van der Waals surface area contributed by atoms with E-state index in [2.05, 4.69) is 13.8 Å². The van der Waals surface area contributed by atoms with Gasteiger partial charge in [-0.25, -0.2) is 0 Å². The van der Waals surface area contributed by atoms with Gasteiger partial charge in [0, 0.05) is 19.3 Å². The molecule has 4 N–H and O–H groups in total.